The second-order valence-corrected chi connectivity index (χ2v) is 7.96. The van der Waals surface area contributed by atoms with E-state index in [-0.39, 0.29) is 0 Å². The topological polar surface area (TPSA) is 64.6 Å². The fourth-order valence-electron chi connectivity index (χ4n) is 3.71. The van der Waals surface area contributed by atoms with Crippen LogP contribution in [0, 0.1) is 0 Å². The molecule has 8 heteroatoms. The van der Waals surface area contributed by atoms with Gasteiger partial charge in [0.25, 0.3) is 0 Å². The van der Waals surface area contributed by atoms with Gasteiger partial charge >= 0.3 is 0 Å². The van der Waals surface area contributed by atoms with Gasteiger partial charge in [0, 0.05) is 78.8 Å². The Morgan fingerprint density at radius 1 is 1.00 bits per heavy atom. The van der Waals surface area contributed by atoms with E-state index in [1.807, 2.05) is 19.2 Å². The van der Waals surface area contributed by atoms with Gasteiger partial charge in [0.05, 0.1) is 7.11 Å². The van der Waals surface area contributed by atoms with Gasteiger partial charge in [0.1, 0.15) is 5.75 Å². The molecular weight excluding hydrogens is 392 g/mol. The third-order valence-electron chi connectivity index (χ3n) is 5.65. The summed E-state index contributed by atoms with van der Waals surface area (Å²) in [5.41, 5.74) is 1.28. The monoisotopic (exact) mass is 434 g/mol. The molecule has 8 nitrogen and oxygen atoms in total. The highest BCUT2D eigenvalue weighted by atomic mass is 16.5. The SMILES string of the molecule is CN=C(NCCCN1CCN(c2ccc(OC)cc2)CC1)NCCN(C)CCCOC. The maximum absolute atomic E-state index is 5.25. The second kappa shape index (κ2) is 14.9. The smallest absolute Gasteiger partial charge is 0.191 e. The molecular formula is C23H42N6O2. The average Bonchev–Trinajstić information content (AvgIpc) is 2.81. The largest absolute Gasteiger partial charge is 0.497 e. The lowest BCUT2D eigenvalue weighted by atomic mass is 10.2. The number of aliphatic imine (C=N–C) groups is 1. The molecule has 1 saturated heterocycles. The molecule has 1 heterocycles. The summed E-state index contributed by atoms with van der Waals surface area (Å²) in [6.45, 7) is 10.1. The molecule has 1 aliphatic heterocycles. The van der Waals surface area contributed by atoms with Gasteiger partial charge in [0.15, 0.2) is 5.96 Å². The van der Waals surface area contributed by atoms with Gasteiger partial charge in [-0.1, -0.05) is 0 Å². The average molecular weight is 435 g/mol. The number of ether oxygens (including phenoxy) is 2. The number of rotatable bonds is 13. The zero-order valence-corrected chi connectivity index (χ0v) is 19.9. The van der Waals surface area contributed by atoms with Crippen molar-refractivity contribution < 1.29 is 9.47 Å². The highest BCUT2D eigenvalue weighted by Gasteiger charge is 2.16. The lowest BCUT2D eigenvalue weighted by Gasteiger charge is -2.36. The molecule has 1 aromatic rings. The Kier molecular flexibility index (Phi) is 12.1. The van der Waals surface area contributed by atoms with Gasteiger partial charge in [-0.15, -0.1) is 0 Å². The molecule has 1 aromatic carbocycles. The first-order valence-corrected chi connectivity index (χ1v) is 11.4. The van der Waals surface area contributed by atoms with Crippen molar-refractivity contribution in [1.29, 1.82) is 0 Å². The van der Waals surface area contributed by atoms with E-state index in [1.165, 1.54) is 5.69 Å². The summed E-state index contributed by atoms with van der Waals surface area (Å²) in [4.78, 5) is 11.6. The van der Waals surface area contributed by atoms with Crippen molar-refractivity contribution in [2.75, 3.05) is 98.7 Å². The number of guanidine groups is 1. The lowest BCUT2D eigenvalue weighted by Crippen LogP contribution is -2.47. The van der Waals surface area contributed by atoms with Crippen LogP contribution in [0.4, 0.5) is 5.69 Å². The number of nitrogens with one attached hydrogen (secondary N) is 2. The van der Waals surface area contributed by atoms with Gasteiger partial charge in [-0.25, -0.2) is 0 Å². The molecule has 1 aliphatic rings. The van der Waals surface area contributed by atoms with E-state index in [9.17, 15) is 0 Å². The van der Waals surface area contributed by atoms with Gasteiger partial charge in [-0.05, 0) is 50.7 Å². The molecule has 2 rings (SSSR count). The van der Waals surface area contributed by atoms with Crippen molar-refractivity contribution in [3.8, 4) is 5.75 Å². The van der Waals surface area contributed by atoms with Crippen molar-refractivity contribution in [2.24, 2.45) is 4.99 Å². The van der Waals surface area contributed by atoms with Crippen LogP contribution in [0.2, 0.25) is 0 Å². The summed E-state index contributed by atoms with van der Waals surface area (Å²) in [5.74, 6) is 1.79. The van der Waals surface area contributed by atoms with Crippen LogP contribution in [-0.4, -0.2) is 110 Å². The highest BCUT2D eigenvalue weighted by Crippen LogP contribution is 2.20. The molecule has 0 spiro atoms. The highest BCUT2D eigenvalue weighted by molar-refractivity contribution is 5.79. The second-order valence-electron chi connectivity index (χ2n) is 7.96. The molecule has 31 heavy (non-hydrogen) atoms. The van der Waals surface area contributed by atoms with E-state index >= 15 is 0 Å². The van der Waals surface area contributed by atoms with Crippen LogP contribution in [-0.2, 0) is 4.74 Å². The Hall–Kier alpha value is -2.03. The van der Waals surface area contributed by atoms with Crippen LogP contribution < -0.4 is 20.3 Å². The molecule has 0 saturated carbocycles. The molecule has 0 aliphatic carbocycles. The first kappa shape index (κ1) is 25.2. The molecule has 0 amide bonds. The molecule has 0 unspecified atom stereocenters. The number of hydrogen-bond acceptors (Lipinski definition) is 6. The Morgan fingerprint density at radius 2 is 1.71 bits per heavy atom. The van der Waals surface area contributed by atoms with Crippen LogP contribution in [0.25, 0.3) is 0 Å². The Morgan fingerprint density at radius 3 is 2.35 bits per heavy atom. The lowest BCUT2D eigenvalue weighted by molar-refractivity contribution is 0.180. The van der Waals surface area contributed by atoms with E-state index in [2.05, 4.69) is 49.5 Å². The summed E-state index contributed by atoms with van der Waals surface area (Å²) in [7, 11) is 7.43. The Bertz CT molecular complexity index is 617. The minimum absolute atomic E-state index is 0.817. The molecule has 0 bridgehead atoms. The number of hydrogen-bond donors (Lipinski definition) is 2. The molecule has 0 radical (unpaired) electrons. The normalized spacial score (nSPS) is 15.4. The van der Waals surface area contributed by atoms with Gasteiger partial charge in [0.2, 0.25) is 0 Å². The Labute approximate surface area is 188 Å². The van der Waals surface area contributed by atoms with Crippen LogP contribution in [0.5, 0.6) is 5.75 Å². The van der Waals surface area contributed by atoms with E-state index < -0.39 is 0 Å². The van der Waals surface area contributed by atoms with E-state index in [0.717, 1.165) is 90.1 Å². The number of likely N-dealkylation sites (N-methyl/N-ethyl adjacent to an activating group) is 1. The van der Waals surface area contributed by atoms with Crippen molar-refractivity contribution >= 4 is 11.6 Å². The summed E-state index contributed by atoms with van der Waals surface area (Å²) in [6, 6.07) is 8.37. The van der Waals surface area contributed by atoms with Crippen LogP contribution in [0.3, 0.4) is 0 Å². The van der Waals surface area contributed by atoms with Crippen molar-refractivity contribution in [1.82, 2.24) is 20.4 Å². The molecule has 176 valence electrons. The third-order valence-corrected chi connectivity index (χ3v) is 5.65. The summed E-state index contributed by atoms with van der Waals surface area (Å²) in [5, 5.41) is 6.83. The van der Waals surface area contributed by atoms with Crippen LogP contribution >= 0.6 is 0 Å². The zero-order valence-electron chi connectivity index (χ0n) is 19.9. The van der Waals surface area contributed by atoms with Crippen LogP contribution in [0.15, 0.2) is 29.3 Å². The predicted molar refractivity (Wildman–Crippen MR) is 130 cm³/mol. The summed E-state index contributed by atoms with van der Waals surface area (Å²) < 4.78 is 10.4. The van der Waals surface area contributed by atoms with E-state index in [4.69, 9.17) is 9.47 Å². The minimum Gasteiger partial charge on any atom is -0.497 e. The van der Waals surface area contributed by atoms with Crippen LogP contribution in [0.1, 0.15) is 12.8 Å². The molecule has 0 atom stereocenters. The Balaban J connectivity index is 1.54. The predicted octanol–water partition coefficient (Wildman–Crippen LogP) is 1.34. The number of anilines is 1. The fourth-order valence-corrected chi connectivity index (χ4v) is 3.71. The zero-order chi connectivity index (χ0) is 22.3. The third kappa shape index (κ3) is 9.76. The van der Waals surface area contributed by atoms with Gasteiger partial charge < -0.3 is 29.9 Å². The molecule has 1 fully saturated rings. The molecule has 2 N–H and O–H groups in total. The number of methoxy groups -OCH3 is 2. The maximum Gasteiger partial charge on any atom is 0.191 e. The van der Waals surface area contributed by atoms with Crippen molar-refractivity contribution in [3.05, 3.63) is 24.3 Å². The van der Waals surface area contributed by atoms with E-state index in [0.29, 0.717) is 0 Å². The number of piperazine rings is 1. The quantitative estimate of drug-likeness (QED) is 0.276. The van der Waals surface area contributed by atoms with E-state index in [1.54, 1.807) is 14.2 Å². The maximum atomic E-state index is 5.25. The summed E-state index contributed by atoms with van der Waals surface area (Å²) in [6.07, 6.45) is 2.18. The van der Waals surface area contributed by atoms with Crippen molar-refractivity contribution in [2.45, 2.75) is 12.8 Å². The van der Waals surface area contributed by atoms with Gasteiger partial charge in [-0.2, -0.15) is 0 Å². The first-order chi connectivity index (χ1) is 15.2. The fraction of sp³-hybridized carbons (Fsp3) is 0.696. The summed E-state index contributed by atoms with van der Waals surface area (Å²) >= 11 is 0. The standard InChI is InChI=1S/C23H42N6O2/c1-24-23(26-12-15-27(2)13-6-20-30-3)25-11-5-14-28-16-18-29(19-17-28)21-7-9-22(31-4)10-8-21/h7-10H,5-6,11-20H2,1-4H3,(H2,24,25,26). The first-order valence-electron chi connectivity index (χ1n) is 11.4. The number of benzene rings is 1. The minimum atomic E-state index is 0.817. The number of nitrogens with zero attached hydrogens (tertiary/aromatic N) is 4. The van der Waals surface area contributed by atoms with Crippen molar-refractivity contribution in [3.63, 3.8) is 0 Å². The van der Waals surface area contributed by atoms with Gasteiger partial charge in [-0.3, -0.25) is 9.89 Å². The molecule has 0 aromatic heterocycles.